The summed E-state index contributed by atoms with van der Waals surface area (Å²) in [5.74, 6) is 1.54. The van der Waals surface area contributed by atoms with Crippen LogP contribution in [0.5, 0.6) is 0 Å². The molecule has 1 atom stereocenters. The van der Waals surface area contributed by atoms with Crippen LogP contribution in [0.15, 0.2) is 60.1 Å². The Morgan fingerprint density at radius 2 is 2.09 bits per heavy atom. The van der Waals surface area contributed by atoms with E-state index in [1.807, 2.05) is 42.1 Å². The van der Waals surface area contributed by atoms with E-state index in [2.05, 4.69) is 43.4 Å². The summed E-state index contributed by atoms with van der Waals surface area (Å²) in [6.07, 6.45) is 11.2. The zero-order valence-electron chi connectivity index (χ0n) is 18.4. The van der Waals surface area contributed by atoms with Crippen molar-refractivity contribution >= 4 is 29.2 Å². The van der Waals surface area contributed by atoms with Crippen molar-refractivity contribution in [2.75, 3.05) is 23.3 Å². The number of aliphatic imine (C=N–C) groups is 1. The second-order valence-electron chi connectivity index (χ2n) is 9.07. The molecule has 0 amide bonds. The first kappa shape index (κ1) is 19.9. The molecule has 4 aromatic rings. The number of hydrogen-bond donors (Lipinski definition) is 2. The van der Waals surface area contributed by atoms with Crippen molar-refractivity contribution in [2.45, 2.75) is 31.9 Å². The van der Waals surface area contributed by atoms with Crippen molar-refractivity contribution in [2.24, 2.45) is 4.99 Å². The summed E-state index contributed by atoms with van der Waals surface area (Å²) in [5.41, 5.74) is 5.20. The highest BCUT2D eigenvalue weighted by Crippen LogP contribution is 2.28. The van der Waals surface area contributed by atoms with E-state index in [0.29, 0.717) is 18.9 Å². The molecule has 0 saturated carbocycles. The number of aliphatic hydroxyl groups is 1. The predicted molar refractivity (Wildman–Crippen MR) is 129 cm³/mol. The minimum Gasteiger partial charge on any atom is -0.388 e. The van der Waals surface area contributed by atoms with Crippen LogP contribution in [0.1, 0.15) is 30.9 Å². The van der Waals surface area contributed by atoms with E-state index in [0.717, 1.165) is 47.8 Å². The summed E-state index contributed by atoms with van der Waals surface area (Å²) >= 11 is 0. The fraction of sp³-hybridized carbons (Fsp3) is 0.280. The lowest BCUT2D eigenvalue weighted by atomic mass is 9.95. The second-order valence-corrected chi connectivity index (χ2v) is 9.07. The lowest BCUT2D eigenvalue weighted by molar-refractivity contribution is 0.0447. The third-order valence-electron chi connectivity index (χ3n) is 6.31. The van der Waals surface area contributed by atoms with Crippen molar-refractivity contribution in [3.05, 3.63) is 66.2 Å². The predicted octanol–water partition coefficient (Wildman–Crippen LogP) is 3.82. The molecule has 6 rings (SSSR count). The number of hydrogen-bond acceptors (Lipinski definition) is 7. The van der Waals surface area contributed by atoms with Crippen molar-refractivity contribution in [3.63, 3.8) is 0 Å². The number of benzene rings is 1. The SMILES string of the molecule is CC1(O)CCCN(c2ccc(Nc3nc(-c4ccc5c(c4)CN=C5)cn4ccnc34)cn2)C1. The molecule has 166 valence electrons. The van der Waals surface area contributed by atoms with Crippen LogP contribution in [0.25, 0.3) is 16.9 Å². The molecule has 1 saturated heterocycles. The molecule has 0 aliphatic carbocycles. The Morgan fingerprint density at radius 1 is 1.15 bits per heavy atom. The van der Waals surface area contributed by atoms with Gasteiger partial charge < -0.3 is 19.7 Å². The molecule has 0 spiro atoms. The van der Waals surface area contributed by atoms with Gasteiger partial charge in [-0.05, 0) is 49.1 Å². The topological polar surface area (TPSA) is 90.9 Å². The summed E-state index contributed by atoms with van der Waals surface area (Å²) < 4.78 is 1.98. The Bertz CT molecular complexity index is 1360. The summed E-state index contributed by atoms with van der Waals surface area (Å²) in [5, 5.41) is 13.8. The second kappa shape index (κ2) is 7.67. The average Bonchev–Trinajstić information content (AvgIpc) is 3.48. The third kappa shape index (κ3) is 3.82. The number of anilines is 3. The minimum atomic E-state index is -0.669. The van der Waals surface area contributed by atoms with E-state index in [1.54, 1.807) is 12.4 Å². The van der Waals surface area contributed by atoms with Gasteiger partial charge in [-0.3, -0.25) is 4.99 Å². The highest BCUT2D eigenvalue weighted by Gasteiger charge is 2.28. The fourth-order valence-electron chi connectivity index (χ4n) is 4.62. The molecule has 5 heterocycles. The molecule has 8 nitrogen and oxygen atoms in total. The number of nitrogens with one attached hydrogen (secondary N) is 1. The van der Waals surface area contributed by atoms with Crippen LogP contribution in [0.2, 0.25) is 0 Å². The van der Waals surface area contributed by atoms with E-state index >= 15 is 0 Å². The van der Waals surface area contributed by atoms with E-state index in [1.165, 1.54) is 11.1 Å². The zero-order chi connectivity index (χ0) is 22.4. The van der Waals surface area contributed by atoms with Crippen LogP contribution >= 0.6 is 0 Å². The number of rotatable bonds is 4. The van der Waals surface area contributed by atoms with Crippen molar-refractivity contribution < 1.29 is 5.11 Å². The number of pyridine rings is 1. The molecule has 33 heavy (non-hydrogen) atoms. The molecule has 0 radical (unpaired) electrons. The summed E-state index contributed by atoms with van der Waals surface area (Å²) in [4.78, 5) is 20.5. The molecule has 0 bridgehead atoms. The lowest BCUT2D eigenvalue weighted by Gasteiger charge is -2.37. The van der Waals surface area contributed by atoms with Crippen LogP contribution in [-0.4, -0.2) is 49.4 Å². The van der Waals surface area contributed by atoms with Gasteiger partial charge in [0.2, 0.25) is 0 Å². The first-order chi connectivity index (χ1) is 16.0. The molecular formula is C25H25N7O. The van der Waals surface area contributed by atoms with Gasteiger partial charge in [-0.2, -0.15) is 0 Å². The average molecular weight is 440 g/mol. The van der Waals surface area contributed by atoms with Gasteiger partial charge in [-0.1, -0.05) is 12.1 Å². The van der Waals surface area contributed by atoms with Crippen LogP contribution < -0.4 is 10.2 Å². The number of nitrogens with zero attached hydrogens (tertiary/aromatic N) is 6. The number of β-amino-alcohol motifs (C(OH)–C–C–N with tert-alkyl or cyclic N) is 1. The van der Waals surface area contributed by atoms with Crippen LogP contribution in [0, 0.1) is 0 Å². The zero-order valence-corrected chi connectivity index (χ0v) is 18.4. The number of aromatic nitrogens is 4. The molecule has 1 fully saturated rings. The minimum absolute atomic E-state index is 0.594. The maximum Gasteiger partial charge on any atom is 0.180 e. The molecule has 1 aromatic carbocycles. The maximum absolute atomic E-state index is 10.4. The quantitative estimate of drug-likeness (QED) is 0.502. The van der Waals surface area contributed by atoms with E-state index < -0.39 is 5.60 Å². The maximum atomic E-state index is 10.4. The Balaban J connectivity index is 1.29. The fourth-order valence-corrected chi connectivity index (χ4v) is 4.62. The largest absolute Gasteiger partial charge is 0.388 e. The molecule has 2 aliphatic heterocycles. The van der Waals surface area contributed by atoms with Gasteiger partial charge >= 0.3 is 0 Å². The summed E-state index contributed by atoms with van der Waals surface area (Å²) in [6.45, 7) is 4.10. The Hall–Kier alpha value is -3.78. The third-order valence-corrected chi connectivity index (χ3v) is 6.31. The number of fused-ring (bicyclic) bond motifs is 2. The molecule has 1 unspecified atom stereocenters. The Kier molecular flexibility index (Phi) is 4.62. The van der Waals surface area contributed by atoms with Crippen molar-refractivity contribution in [1.82, 2.24) is 19.4 Å². The number of piperidine rings is 1. The van der Waals surface area contributed by atoms with Crippen LogP contribution in [0.4, 0.5) is 17.3 Å². The molecule has 2 N–H and O–H groups in total. The Morgan fingerprint density at radius 3 is 2.94 bits per heavy atom. The van der Waals surface area contributed by atoms with E-state index in [9.17, 15) is 5.11 Å². The van der Waals surface area contributed by atoms with Crippen molar-refractivity contribution in [3.8, 4) is 11.3 Å². The van der Waals surface area contributed by atoms with E-state index in [-0.39, 0.29) is 0 Å². The molecule has 2 aliphatic rings. The standard InChI is InChI=1S/C25H25N7O/c1-25(33)7-2-9-32(16-25)22-6-5-20(14-28-22)29-23-24-27-8-10-31(24)15-21(30-23)17-3-4-18-12-26-13-19(18)11-17/h3-6,8,10-12,14-15,33H,2,7,9,13,16H2,1H3,(H,29,30). The summed E-state index contributed by atoms with van der Waals surface area (Å²) in [6, 6.07) is 10.3. The van der Waals surface area contributed by atoms with Gasteiger partial charge in [0.1, 0.15) is 5.82 Å². The summed E-state index contributed by atoms with van der Waals surface area (Å²) in [7, 11) is 0. The molecule has 3 aromatic heterocycles. The highest BCUT2D eigenvalue weighted by atomic mass is 16.3. The normalized spacial score (nSPS) is 19.8. The number of imidazole rings is 1. The highest BCUT2D eigenvalue weighted by molar-refractivity contribution is 5.86. The Labute approximate surface area is 191 Å². The van der Waals surface area contributed by atoms with Gasteiger partial charge in [0, 0.05) is 43.5 Å². The van der Waals surface area contributed by atoms with Crippen LogP contribution in [0.3, 0.4) is 0 Å². The van der Waals surface area contributed by atoms with Gasteiger partial charge in [0.15, 0.2) is 11.5 Å². The first-order valence-electron chi connectivity index (χ1n) is 11.2. The lowest BCUT2D eigenvalue weighted by Crippen LogP contribution is -2.46. The van der Waals surface area contributed by atoms with Gasteiger partial charge in [0.25, 0.3) is 0 Å². The van der Waals surface area contributed by atoms with Crippen LogP contribution in [-0.2, 0) is 6.54 Å². The smallest absolute Gasteiger partial charge is 0.180 e. The van der Waals surface area contributed by atoms with Gasteiger partial charge in [-0.15, -0.1) is 0 Å². The van der Waals surface area contributed by atoms with Crippen molar-refractivity contribution in [1.29, 1.82) is 0 Å². The monoisotopic (exact) mass is 439 g/mol. The molecule has 8 heteroatoms. The van der Waals surface area contributed by atoms with Gasteiger partial charge in [-0.25, -0.2) is 15.0 Å². The van der Waals surface area contributed by atoms with Gasteiger partial charge in [0.05, 0.1) is 29.7 Å². The first-order valence-corrected chi connectivity index (χ1v) is 11.2. The molecular weight excluding hydrogens is 414 g/mol. The van der Waals surface area contributed by atoms with E-state index in [4.69, 9.17) is 4.98 Å².